The predicted octanol–water partition coefficient (Wildman–Crippen LogP) is 22.7. The molecule has 1 aliphatic carbocycles. The van der Waals surface area contributed by atoms with Gasteiger partial charge in [0.05, 0.1) is 0 Å². The second-order valence-corrected chi connectivity index (χ2v) is 25.5. The Hall–Kier alpha value is -2.97. The molecule has 388 valence electrons. The van der Waals surface area contributed by atoms with Gasteiger partial charge in [-0.2, -0.15) is 0 Å². The number of benzene rings is 3. The van der Waals surface area contributed by atoms with Gasteiger partial charge < -0.3 is 5.73 Å². The fourth-order valence-corrected chi connectivity index (χ4v) is 13.8. The van der Waals surface area contributed by atoms with E-state index in [0.717, 1.165) is 31.4 Å². The highest BCUT2D eigenvalue weighted by molar-refractivity contribution is 8.03. The summed E-state index contributed by atoms with van der Waals surface area (Å²) in [5.41, 5.74) is 27.9. The summed E-state index contributed by atoms with van der Waals surface area (Å²) in [4.78, 5) is 1.63. The van der Waals surface area contributed by atoms with Crippen LogP contribution in [0.1, 0.15) is 301 Å². The highest BCUT2D eigenvalue weighted by atomic mass is 32.2. The minimum absolute atomic E-state index is 0.0482. The molecule has 0 bridgehead atoms. The molecular weight excluding hydrogens is 863 g/mol. The Morgan fingerprint density at radius 3 is 1.73 bits per heavy atom. The van der Waals surface area contributed by atoms with Gasteiger partial charge in [0, 0.05) is 21.9 Å². The van der Waals surface area contributed by atoms with E-state index in [9.17, 15) is 0 Å². The molecule has 5 rings (SSSR count). The van der Waals surface area contributed by atoms with Gasteiger partial charge in [0.2, 0.25) is 0 Å². The molecule has 70 heavy (non-hydrogen) atoms. The number of unbranched alkanes of at least 4 members (excludes halogenated alkanes) is 16. The fourth-order valence-electron chi connectivity index (χ4n) is 12.2. The summed E-state index contributed by atoms with van der Waals surface area (Å²) in [6.07, 6.45) is 37.2. The highest BCUT2D eigenvalue weighted by Crippen LogP contribution is 2.57. The van der Waals surface area contributed by atoms with E-state index in [4.69, 9.17) is 5.73 Å². The lowest BCUT2D eigenvalue weighted by Gasteiger charge is -2.34. The molecule has 0 fully saturated rings. The second kappa shape index (κ2) is 27.9. The van der Waals surface area contributed by atoms with Crippen LogP contribution in [-0.4, -0.2) is 0 Å². The Balaban J connectivity index is 1.60. The quantitative estimate of drug-likeness (QED) is 0.0409. The van der Waals surface area contributed by atoms with Crippen LogP contribution < -0.4 is 5.73 Å². The molecule has 0 amide bonds. The molecule has 2 N–H and O–H groups in total. The van der Waals surface area contributed by atoms with Crippen molar-refractivity contribution in [3.63, 3.8) is 0 Å². The third-order valence-electron chi connectivity index (χ3n) is 16.5. The number of allylic oxidation sites excluding steroid dienone is 6. The van der Waals surface area contributed by atoms with E-state index in [1.807, 2.05) is 0 Å². The number of fused-ring (bicyclic) bond motifs is 3. The SMILES string of the molecule is CCCCCCCCC1(CCCCCCCC)c2cc(/C(C)=C(/C=C(\CCC)c3ccc(C4CC(CCCCCC)=C(C(C)(C)C)S4)c(C)c3N)CCCCCC)ccc2-c2ccc(C(C)(C)C)cc21. The summed E-state index contributed by atoms with van der Waals surface area (Å²) in [5.74, 6) is 0. The first-order chi connectivity index (χ1) is 33.6. The highest BCUT2D eigenvalue weighted by Gasteiger charge is 2.43. The minimum Gasteiger partial charge on any atom is -0.398 e. The molecule has 0 saturated carbocycles. The number of rotatable bonds is 30. The number of hydrogen-bond acceptors (Lipinski definition) is 2. The average Bonchev–Trinajstić information content (AvgIpc) is 3.88. The molecule has 0 radical (unpaired) electrons. The van der Waals surface area contributed by atoms with E-state index >= 15 is 0 Å². The monoisotopic (exact) mass is 968 g/mol. The molecule has 2 aliphatic rings. The lowest BCUT2D eigenvalue weighted by atomic mass is 9.69. The lowest BCUT2D eigenvalue weighted by molar-refractivity contribution is 0.397. The third-order valence-corrected chi connectivity index (χ3v) is 18.3. The summed E-state index contributed by atoms with van der Waals surface area (Å²) >= 11 is 2.14. The van der Waals surface area contributed by atoms with E-state index in [-0.39, 0.29) is 16.2 Å². The van der Waals surface area contributed by atoms with Gasteiger partial charge in [-0.25, -0.2) is 0 Å². The summed E-state index contributed by atoms with van der Waals surface area (Å²) in [7, 11) is 0. The lowest BCUT2D eigenvalue weighted by Crippen LogP contribution is -2.26. The molecule has 0 aromatic heterocycles. The normalized spacial score (nSPS) is 16.3. The van der Waals surface area contributed by atoms with Gasteiger partial charge in [-0.05, 0) is 148 Å². The van der Waals surface area contributed by atoms with Crippen molar-refractivity contribution < 1.29 is 0 Å². The van der Waals surface area contributed by atoms with Gasteiger partial charge in [0.25, 0.3) is 0 Å². The zero-order valence-corrected chi connectivity index (χ0v) is 48.7. The first kappa shape index (κ1) is 57.9. The van der Waals surface area contributed by atoms with Crippen LogP contribution in [0.3, 0.4) is 0 Å². The summed E-state index contributed by atoms with van der Waals surface area (Å²) < 4.78 is 0. The third kappa shape index (κ3) is 15.1. The zero-order valence-electron chi connectivity index (χ0n) is 47.9. The summed E-state index contributed by atoms with van der Waals surface area (Å²) in [6, 6.07) is 20.2. The van der Waals surface area contributed by atoms with Crippen LogP contribution in [-0.2, 0) is 10.8 Å². The molecule has 3 aromatic rings. The average molecular weight is 969 g/mol. The topological polar surface area (TPSA) is 26.0 Å². The number of hydrogen-bond donors (Lipinski definition) is 1. The van der Waals surface area contributed by atoms with Crippen molar-refractivity contribution in [2.24, 2.45) is 5.41 Å². The Morgan fingerprint density at radius 2 is 1.16 bits per heavy atom. The minimum atomic E-state index is 0.0482. The molecule has 1 atom stereocenters. The van der Waals surface area contributed by atoms with Gasteiger partial charge >= 0.3 is 0 Å². The standard InChI is InChI=1S/C68H105NS/c1-14-19-23-27-29-33-44-68(45-34-30-28-24-20-15-2)61-47-53(38-40-59(61)60-41-39-56(49-62(60)68)66(8,9)10)50(6)52(36-31-25-21-16-3)46-54(35-18-5)58-43-42-57(51(7)64(58)69)63-48-55(37-32-26-22-17-4)65(70-63)67(11,12)13/h38-43,46-47,49,63H,14-37,44-45,48,69H2,1-13H3/b52-50+,54-46+. The van der Waals surface area contributed by atoms with Gasteiger partial charge in [0.1, 0.15) is 0 Å². The van der Waals surface area contributed by atoms with Crippen LogP contribution in [0.5, 0.6) is 0 Å². The molecule has 1 nitrogen and oxygen atoms in total. The van der Waals surface area contributed by atoms with E-state index in [0.29, 0.717) is 5.25 Å². The van der Waals surface area contributed by atoms with Crippen molar-refractivity contribution >= 4 is 28.6 Å². The molecule has 3 aromatic carbocycles. The Morgan fingerprint density at radius 1 is 0.614 bits per heavy atom. The molecule has 1 unspecified atom stereocenters. The van der Waals surface area contributed by atoms with E-state index in [2.05, 4.69) is 156 Å². The van der Waals surface area contributed by atoms with Crippen molar-refractivity contribution in [3.8, 4) is 11.1 Å². The van der Waals surface area contributed by atoms with Crippen LogP contribution >= 0.6 is 11.8 Å². The molecule has 2 heteroatoms. The molecule has 0 saturated heterocycles. The number of thioether (sulfide) groups is 1. The van der Waals surface area contributed by atoms with Crippen LogP contribution in [0.25, 0.3) is 22.3 Å². The van der Waals surface area contributed by atoms with Crippen molar-refractivity contribution in [1.82, 2.24) is 0 Å². The van der Waals surface area contributed by atoms with Crippen LogP contribution in [0.4, 0.5) is 5.69 Å². The maximum atomic E-state index is 7.39. The molecular formula is C68H105NS. The van der Waals surface area contributed by atoms with Crippen molar-refractivity contribution in [1.29, 1.82) is 0 Å². The predicted molar refractivity (Wildman–Crippen MR) is 317 cm³/mol. The van der Waals surface area contributed by atoms with Gasteiger partial charge in [0.15, 0.2) is 0 Å². The maximum Gasteiger partial charge on any atom is 0.0423 e. The fraction of sp³-hybridized carbons (Fsp3) is 0.647. The van der Waals surface area contributed by atoms with E-state index in [1.165, 1.54) is 203 Å². The molecule has 1 heterocycles. The Bertz CT molecular complexity index is 2180. The zero-order chi connectivity index (χ0) is 50.9. The Kier molecular flexibility index (Phi) is 23.1. The van der Waals surface area contributed by atoms with Crippen LogP contribution in [0, 0.1) is 12.3 Å². The van der Waals surface area contributed by atoms with Crippen LogP contribution in [0.15, 0.2) is 70.7 Å². The number of anilines is 1. The largest absolute Gasteiger partial charge is 0.398 e. The van der Waals surface area contributed by atoms with Crippen LogP contribution in [0.2, 0.25) is 0 Å². The number of nitrogens with two attached hydrogens (primary N) is 1. The summed E-state index contributed by atoms with van der Waals surface area (Å²) in [5, 5.41) is 0.446. The second-order valence-electron chi connectivity index (χ2n) is 24.3. The van der Waals surface area contributed by atoms with E-state index < -0.39 is 0 Å². The van der Waals surface area contributed by atoms with Gasteiger partial charge in [-0.15, -0.1) is 11.8 Å². The van der Waals surface area contributed by atoms with Crippen molar-refractivity contribution in [2.45, 2.75) is 279 Å². The maximum absolute atomic E-state index is 7.39. The smallest absolute Gasteiger partial charge is 0.0423 e. The van der Waals surface area contributed by atoms with Crippen molar-refractivity contribution in [2.75, 3.05) is 5.73 Å². The molecule has 1 aliphatic heterocycles. The van der Waals surface area contributed by atoms with Gasteiger partial charge in [-0.1, -0.05) is 252 Å². The van der Waals surface area contributed by atoms with Gasteiger partial charge in [-0.3, -0.25) is 0 Å². The summed E-state index contributed by atoms with van der Waals surface area (Å²) in [6.45, 7) is 30.9. The first-order valence-electron chi connectivity index (χ1n) is 29.5. The molecule has 0 spiro atoms. The number of nitrogen functional groups attached to an aromatic ring is 1. The Labute approximate surface area is 437 Å². The van der Waals surface area contributed by atoms with Crippen molar-refractivity contribution in [3.05, 3.63) is 110 Å². The first-order valence-corrected chi connectivity index (χ1v) is 30.4. The van der Waals surface area contributed by atoms with E-state index in [1.54, 1.807) is 21.6 Å².